The predicted octanol–water partition coefficient (Wildman–Crippen LogP) is 2.77. The van der Waals surface area contributed by atoms with E-state index in [1.165, 1.54) is 5.56 Å². The van der Waals surface area contributed by atoms with E-state index in [9.17, 15) is 0 Å². The maximum absolute atomic E-state index is 5.31. The molecule has 0 aliphatic carbocycles. The fourth-order valence-electron chi connectivity index (χ4n) is 1.74. The van der Waals surface area contributed by atoms with Gasteiger partial charge < -0.3 is 14.8 Å². The third-order valence-electron chi connectivity index (χ3n) is 3.18. The summed E-state index contributed by atoms with van der Waals surface area (Å²) in [6, 6.07) is 8.71. The fraction of sp³-hybridized carbons (Fsp3) is 0.571. The zero-order chi connectivity index (χ0) is 12.8. The number of rotatable bonds is 6. The second-order valence-electron chi connectivity index (χ2n) is 4.39. The summed E-state index contributed by atoms with van der Waals surface area (Å²) in [7, 11) is 3.42. The molecule has 3 heteroatoms. The lowest BCUT2D eigenvalue weighted by molar-refractivity contribution is 0.0852. The monoisotopic (exact) mass is 237 g/mol. The maximum Gasteiger partial charge on any atom is 0.119 e. The van der Waals surface area contributed by atoms with Crippen molar-refractivity contribution in [2.45, 2.75) is 39.0 Å². The summed E-state index contributed by atoms with van der Waals surface area (Å²) in [4.78, 5) is 0. The molecule has 0 amide bonds. The molecule has 0 aromatic heterocycles. The van der Waals surface area contributed by atoms with Crippen LogP contribution in [0.3, 0.4) is 0 Å². The standard InChI is InChI=1S/C14H23NO2/c1-10(12(3)16-4)15-11(2)13-7-6-8-14(9-13)17-5/h6-12,15H,1-5H3. The Balaban J connectivity index is 2.65. The van der Waals surface area contributed by atoms with Crippen LogP contribution in [0.25, 0.3) is 0 Å². The highest BCUT2D eigenvalue weighted by atomic mass is 16.5. The van der Waals surface area contributed by atoms with E-state index in [1.54, 1.807) is 14.2 Å². The summed E-state index contributed by atoms with van der Waals surface area (Å²) >= 11 is 0. The Morgan fingerprint density at radius 2 is 1.82 bits per heavy atom. The van der Waals surface area contributed by atoms with E-state index in [1.807, 2.05) is 12.1 Å². The molecule has 3 nitrogen and oxygen atoms in total. The van der Waals surface area contributed by atoms with Gasteiger partial charge in [0.25, 0.3) is 0 Å². The van der Waals surface area contributed by atoms with E-state index in [2.05, 4.69) is 38.2 Å². The SMILES string of the molecule is COc1cccc(C(C)NC(C)C(C)OC)c1. The molecule has 0 aliphatic heterocycles. The van der Waals surface area contributed by atoms with Gasteiger partial charge in [0, 0.05) is 19.2 Å². The smallest absolute Gasteiger partial charge is 0.119 e. The van der Waals surface area contributed by atoms with E-state index in [0.717, 1.165) is 5.75 Å². The van der Waals surface area contributed by atoms with Crippen molar-refractivity contribution in [1.82, 2.24) is 5.32 Å². The molecule has 0 bridgehead atoms. The van der Waals surface area contributed by atoms with Crippen LogP contribution in [-0.2, 0) is 4.74 Å². The number of ether oxygens (including phenoxy) is 2. The van der Waals surface area contributed by atoms with Gasteiger partial charge in [0.15, 0.2) is 0 Å². The summed E-state index contributed by atoms with van der Waals surface area (Å²) in [5.74, 6) is 0.892. The Labute approximate surface area is 104 Å². The van der Waals surface area contributed by atoms with Gasteiger partial charge >= 0.3 is 0 Å². The molecule has 0 spiro atoms. The molecule has 0 heterocycles. The summed E-state index contributed by atoms with van der Waals surface area (Å²) in [6.07, 6.45) is 0.197. The first-order valence-corrected chi connectivity index (χ1v) is 6.01. The molecule has 0 radical (unpaired) electrons. The maximum atomic E-state index is 5.31. The van der Waals surface area contributed by atoms with Crippen molar-refractivity contribution < 1.29 is 9.47 Å². The quantitative estimate of drug-likeness (QED) is 0.825. The second kappa shape index (κ2) is 6.62. The molecule has 0 saturated heterocycles. The van der Waals surface area contributed by atoms with Gasteiger partial charge in [-0.15, -0.1) is 0 Å². The number of nitrogens with one attached hydrogen (secondary N) is 1. The van der Waals surface area contributed by atoms with Gasteiger partial charge in [0.1, 0.15) is 5.75 Å². The molecule has 1 aromatic rings. The lowest BCUT2D eigenvalue weighted by Gasteiger charge is -2.24. The Kier molecular flexibility index (Phi) is 5.45. The van der Waals surface area contributed by atoms with Crippen LogP contribution in [0.2, 0.25) is 0 Å². The number of hydrogen-bond acceptors (Lipinski definition) is 3. The van der Waals surface area contributed by atoms with Gasteiger partial charge in [-0.2, -0.15) is 0 Å². The Morgan fingerprint density at radius 1 is 1.12 bits per heavy atom. The highest BCUT2D eigenvalue weighted by Gasteiger charge is 2.15. The number of hydrogen-bond donors (Lipinski definition) is 1. The second-order valence-corrected chi connectivity index (χ2v) is 4.39. The summed E-state index contributed by atoms with van der Waals surface area (Å²) in [5.41, 5.74) is 1.22. The highest BCUT2D eigenvalue weighted by Crippen LogP contribution is 2.19. The molecule has 17 heavy (non-hydrogen) atoms. The van der Waals surface area contributed by atoms with Crippen LogP contribution in [0.5, 0.6) is 5.75 Å². The zero-order valence-electron chi connectivity index (χ0n) is 11.4. The predicted molar refractivity (Wildman–Crippen MR) is 70.5 cm³/mol. The van der Waals surface area contributed by atoms with E-state index in [0.29, 0.717) is 6.04 Å². The van der Waals surface area contributed by atoms with Gasteiger partial charge in [-0.05, 0) is 38.5 Å². The van der Waals surface area contributed by atoms with Gasteiger partial charge in [0.2, 0.25) is 0 Å². The topological polar surface area (TPSA) is 30.5 Å². The minimum Gasteiger partial charge on any atom is -0.497 e. The van der Waals surface area contributed by atoms with E-state index in [-0.39, 0.29) is 12.1 Å². The highest BCUT2D eigenvalue weighted by molar-refractivity contribution is 5.30. The van der Waals surface area contributed by atoms with Crippen molar-refractivity contribution in [3.8, 4) is 5.75 Å². The average molecular weight is 237 g/mol. The van der Waals surface area contributed by atoms with Crippen molar-refractivity contribution in [3.63, 3.8) is 0 Å². The van der Waals surface area contributed by atoms with Crippen LogP contribution in [0.15, 0.2) is 24.3 Å². The van der Waals surface area contributed by atoms with Gasteiger partial charge in [-0.3, -0.25) is 0 Å². The normalized spacial score (nSPS) is 16.3. The first-order valence-electron chi connectivity index (χ1n) is 6.01. The van der Waals surface area contributed by atoms with Crippen LogP contribution in [0.1, 0.15) is 32.4 Å². The van der Waals surface area contributed by atoms with Crippen LogP contribution in [0, 0.1) is 0 Å². The largest absolute Gasteiger partial charge is 0.497 e. The molecule has 1 rings (SSSR count). The minimum absolute atomic E-state index is 0.197. The molecular formula is C14H23NO2. The molecular weight excluding hydrogens is 214 g/mol. The third-order valence-corrected chi connectivity index (χ3v) is 3.18. The molecule has 1 N–H and O–H groups in total. The van der Waals surface area contributed by atoms with Gasteiger partial charge in [-0.25, -0.2) is 0 Å². The molecule has 3 unspecified atom stereocenters. The minimum atomic E-state index is 0.197. The van der Waals surface area contributed by atoms with Crippen LogP contribution in [-0.4, -0.2) is 26.4 Å². The summed E-state index contributed by atoms with van der Waals surface area (Å²) in [6.45, 7) is 6.34. The fourth-order valence-corrected chi connectivity index (χ4v) is 1.74. The van der Waals surface area contributed by atoms with Crippen molar-refractivity contribution in [2.24, 2.45) is 0 Å². The molecule has 0 fully saturated rings. The van der Waals surface area contributed by atoms with E-state index in [4.69, 9.17) is 9.47 Å². The average Bonchev–Trinajstić information content (AvgIpc) is 2.37. The molecule has 0 aliphatic rings. The molecule has 1 aromatic carbocycles. The van der Waals surface area contributed by atoms with Crippen LogP contribution >= 0.6 is 0 Å². The van der Waals surface area contributed by atoms with Gasteiger partial charge in [0.05, 0.1) is 13.2 Å². The van der Waals surface area contributed by atoms with Crippen molar-refractivity contribution in [3.05, 3.63) is 29.8 Å². The van der Waals surface area contributed by atoms with Crippen LogP contribution in [0.4, 0.5) is 0 Å². The number of methoxy groups -OCH3 is 2. The first-order chi connectivity index (χ1) is 8.08. The molecule has 3 atom stereocenters. The van der Waals surface area contributed by atoms with E-state index < -0.39 is 0 Å². The Morgan fingerprint density at radius 3 is 2.41 bits per heavy atom. The Hall–Kier alpha value is -1.06. The number of benzene rings is 1. The first kappa shape index (κ1) is 14.0. The molecule has 0 saturated carbocycles. The van der Waals surface area contributed by atoms with Crippen molar-refractivity contribution >= 4 is 0 Å². The third kappa shape index (κ3) is 4.02. The van der Waals surface area contributed by atoms with Crippen LogP contribution < -0.4 is 10.1 Å². The summed E-state index contributed by atoms with van der Waals surface area (Å²) < 4.78 is 10.5. The lowest BCUT2D eigenvalue weighted by Crippen LogP contribution is -2.38. The van der Waals surface area contributed by atoms with Gasteiger partial charge in [-0.1, -0.05) is 12.1 Å². The molecule has 96 valence electrons. The lowest BCUT2D eigenvalue weighted by atomic mass is 10.1. The Bertz CT molecular complexity index is 341. The summed E-state index contributed by atoms with van der Waals surface area (Å²) in [5, 5.41) is 3.52. The van der Waals surface area contributed by atoms with Crippen molar-refractivity contribution in [1.29, 1.82) is 0 Å². The van der Waals surface area contributed by atoms with E-state index >= 15 is 0 Å². The van der Waals surface area contributed by atoms with Crippen molar-refractivity contribution in [2.75, 3.05) is 14.2 Å². The zero-order valence-corrected chi connectivity index (χ0v) is 11.4.